The van der Waals surface area contributed by atoms with Gasteiger partial charge in [-0.05, 0) is 38.6 Å². The molecule has 2 amide bonds. The van der Waals surface area contributed by atoms with Gasteiger partial charge in [-0.15, -0.1) is 0 Å². The molecule has 1 aromatic carbocycles. The summed E-state index contributed by atoms with van der Waals surface area (Å²) in [6.07, 6.45) is 0. The molecule has 0 saturated heterocycles. The normalized spacial score (nSPS) is 10.6. The highest BCUT2D eigenvalue weighted by Gasteiger charge is 2.09. The average molecular weight is 307 g/mol. The van der Waals surface area contributed by atoms with Gasteiger partial charge in [0.1, 0.15) is 5.75 Å². The van der Waals surface area contributed by atoms with Gasteiger partial charge < -0.3 is 15.4 Å². The third-order valence-corrected chi connectivity index (χ3v) is 2.90. The Morgan fingerprint density at radius 2 is 2.00 bits per heavy atom. The van der Waals surface area contributed by atoms with E-state index in [-0.39, 0.29) is 30.9 Å². The predicted octanol–water partition coefficient (Wildman–Crippen LogP) is 0.768. The number of carbonyl (C=O) groups is 2. The van der Waals surface area contributed by atoms with E-state index in [1.807, 2.05) is 50.1 Å². The van der Waals surface area contributed by atoms with Gasteiger partial charge in [0.05, 0.1) is 20.2 Å². The van der Waals surface area contributed by atoms with Crippen LogP contribution in [0.1, 0.15) is 19.4 Å². The van der Waals surface area contributed by atoms with Gasteiger partial charge in [-0.2, -0.15) is 0 Å². The van der Waals surface area contributed by atoms with Crippen molar-refractivity contribution in [3.8, 4) is 5.75 Å². The van der Waals surface area contributed by atoms with Gasteiger partial charge >= 0.3 is 0 Å². The molecule has 0 fully saturated rings. The molecule has 1 rings (SSSR count). The van der Waals surface area contributed by atoms with E-state index in [9.17, 15) is 9.59 Å². The van der Waals surface area contributed by atoms with E-state index in [0.717, 1.165) is 11.3 Å². The maximum absolute atomic E-state index is 11.8. The van der Waals surface area contributed by atoms with Crippen LogP contribution in [0, 0.1) is 0 Å². The number of carbonyl (C=O) groups excluding carboxylic acids is 2. The summed E-state index contributed by atoms with van der Waals surface area (Å²) in [6, 6.07) is 7.78. The zero-order valence-corrected chi connectivity index (χ0v) is 13.7. The van der Waals surface area contributed by atoms with Gasteiger partial charge in [0.15, 0.2) is 0 Å². The van der Waals surface area contributed by atoms with Crippen molar-refractivity contribution in [1.29, 1.82) is 0 Å². The van der Waals surface area contributed by atoms with Gasteiger partial charge in [0.25, 0.3) is 0 Å². The summed E-state index contributed by atoms with van der Waals surface area (Å²) in [7, 11) is 3.48. The van der Waals surface area contributed by atoms with Crippen LogP contribution in [0.2, 0.25) is 0 Å². The third-order valence-electron chi connectivity index (χ3n) is 2.90. The zero-order valence-electron chi connectivity index (χ0n) is 13.7. The topological polar surface area (TPSA) is 70.7 Å². The number of likely N-dealkylation sites (N-methyl/N-ethyl adjacent to an activating group) is 1. The molecule has 22 heavy (non-hydrogen) atoms. The van der Waals surface area contributed by atoms with Crippen LogP contribution in [0.3, 0.4) is 0 Å². The molecule has 0 bridgehead atoms. The summed E-state index contributed by atoms with van der Waals surface area (Å²) in [5, 5.41) is 5.33. The van der Waals surface area contributed by atoms with Crippen LogP contribution in [0.25, 0.3) is 0 Å². The van der Waals surface area contributed by atoms with Crippen LogP contribution < -0.4 is 15.4 Å². The molecule has 122 valence electrons. The quantitative estimate of drug-likeness (QED) is 0.744. The number of methoxy groups -OCH3 is 1. The van der Waals surface area contributed by atoms with Crippen LogP contribution >= 0.6 is 0 Å². The first-order chi connectivity index (χ1) is 10.4. The fraction of sp³-hybridized carbons (Fsp3) is 0.500. The summed E-state index contributed by atoms with van der Waals surface area (Å²) in [6.45, 7) is 4.61. The predicted molar refractivity (Wildman–Crippen MR) is 85.6 cm³/mol. The van der Waals surface area contributed by atoms with Crippen LogP contribution in [0.15, 0.2) is 24.3 Å². The minimum atomic E-state index is -0.182. The maximum Gasteiger partial charge on any atom is 0.239 e. The molecule has 0 heterocycles. The highest BCUT2D eigenvalue weighted by atomic mass is 16.5. The lowest BCUT2D eigenvalue weighted by molar-refractivity contribution is -0.126. The first-order valence-electron chi connectivity index (χ1n) is 7.28. The maximum atomic E-state index is 11.8. The lowest BCUT2D eigenvalue weighted by Crippen LogP contribution is -2.42. The number of nitrogens with one attached hydrogen (secondary N) is 2. The SMILES string of the molecule is COc1cccc(CN(C)CC(=O)NCC(=O)NC(C)C)c1. The molecule has 0 spiro atoms. The summed E-state index contributed by atoms with van der Waals surface area (Å²) in [5.74, 6) is 0.434. The summed E-state index contributed by atoms with van der Waals surface area (Å²) < 4.78 is 5.17. The Balaban J connectivity index is 2.36. The Morgan fingerprint density at radius 1 is 1.27 bits per heavy atom. The van der Waals surface area contributed by atoms with Crippen molar-refractivity contribution in [1.82, 2.24) is 15.5 Å². The minimum Gasteiger partial charge on any atom is -0.497 e. The van der Waals surface area contributed by atoms with E-state index in [0.29, 0.717) is 6.54 Å². The average Bonchev–Trinajstić information content (AvgIpc) is 2.44. The molecule has 0 unspecified atom stereocenters. The lowest BCUT2D eigenvalue weighted by atomic mass is 10.2. The molecule has 2 N–H and O–H groups in total. The second-order valence-corrected chi connectivity index (χ2v) is 5.52. The number of benzene rings is 1. The van der Waals surface area contributed by atoms with Crippen LogP contribution in [-0.2, 0) is 16.1 Å². The zero-order chi connectivity index (χ0) is 16.5. The first kappa shape index (κ1) is 18.0. The molecule has 0 aliphatic heterocycles. The highest BCUT2D eigenvalue weighted by molar-refractivity contribution is 5.85. The highest BCUT2D eigenvalue weighted by Crippen LogP contribution is 2.13. The fourth-order valence-corrected chi connectivity index (χ4v) is 1.99. The van der Waals surface area contributed by atoms with E-state index in [4.69, 9.17) is 4.74 Å². The molecule has 0 aliphatic rings. The summed E-state index contributed by atoms with van der Waals surface area (Å²) in [4.78, 5) is 25.1. The Kier molecular flexibility index (Phi) is 7.39. The van der Waals surface area contributed by atoms with E-state index in [1.54, 1.807) is 7.11 Å². The summed E-state index contributed by atoms with van der Waals surface area (Å²) in [5.41, 5.74) is 1.06. The van der Waals surface area contributed by atoms with Crippen LogP contribution in [0.5, 0.6) is 5.75 Å². The molecule has 0 aliphatic carbocycles. The van der Waals surface area contributed by atoms with Crippen molar-refractivity contribution >= 4 is 11.8 Å². The van der Waals surface area contributed by atoms with E-state index in [2.05, 4.69) is 10.6 Å². The Morgan fingerprint density at radius 3 is 2.64 bits per heavy atom. The number of hydrogen-bond donors (Lipinski definition) is 2. The Labute approximate surface area is 131 Å². The van der Waals surface area contributed by atoms with Gasteiger partial charge in [0.2, 0.25) is 11.8 Å². The third kappa shape index (κ3) is 7.08. The second kappa shape index (κ2) is 9.04. The van der Waals surface area contributed by atoms with Gasteiger partial charge in [-0.25, -0.2) is 0 Å². The standard InChI is InChI=1S/C16H25N3O3/c1-12(2)18-15(20)9-17-16(21)11-19(3)10-13-6-5-7-14(8-13)22-4/h5-8,12H,9-11H2,1-4H3,(H,17,21)(H,18,20). The molecular formula is C16H25N3O3. The number of nitrogens with zero attached hydrogens (tertiary/aromatic N) is 1. The monoisotopic (exact) mass is 307 g/mol. The fourth-order valence-electron chi connectivity index (χ4n) is 1.99. The van der Waals surface area contributed by atoms with Gasteiger partial charge in [0, 0.05) is 12.6 Å². The Bertz CT molecular complexity index is 503. The van der Waals surface area contributed by atoms with E-state index < -0.39 is 0 Å². The van der Waals surface area contributed by atoms with Crippen molar-refractivity contribution in [3.63, 3.8) is 0 Å². The van der Waals surface area contributed by atoms with E-state index in [1.165, 1.54) is 0 Å². The molecule has 0 radical (unpaired) electrons. The van der Waals surface area contributed by atoms with Crippen molar-refractivity contribution in [2.24, 2.45) is 0 Å². The second-order valence-electron chi connectivity index (χ2n) is 5.52. The van der Waals surface area contributed by atoms with Crippen LogP contribution in [-0.4, -0.2) is 50.0 Å². The van der Waals surface area contributed by atoms with E-state index >= 15 is 0 Å². The van der Waals surface area contributed by atoms with Crippen molar-refractivity contribution in [2.45, 2.75) is 26.4 Å². The number of amides is 2. The molecule has 0 atom stereocenters. The van der Waals surface area contributed by atoms with Gasteiger partial charge in [-0.1, -0.05) is 12.1 Å². The molecule has 0 aromatic heterocycles. The number of hydrogen-bond acceptors (Lipinski definition) is 4. The number of ether oxygens (including phenoxy) is 1. The molecule has 6 heteroatoms. The largest absolute Gasteiger partial charge is 0.497 e. The summed E-state index contributed by atoms with van der Waals surface area (Å²) >= 11 is 0. The lowest BCUT2D eigenvalue weighted by Gasteiger charge is -2.17. The first-order valence-corrected chi connectivity index (χ1v) is 7.28. The molecule has 1 aromatic rings. The van der Waals surface area contributed by atoms with Crippen LogP contribution in [0.4, 0.5) is 0 Å². The van der Waals surface area contributed by atoms with Crippen molar-refractivity contribution in [2.75, 3.05) is 27.2 Å². The number of rotatable bonds is 8. The minimum absolute atomic E-state index is 0.00398. The van der Waals surface area contributed by atoms with Crippen molar-refractivity contribution < 1.29 is 14.3 Å². The Hall–Kier alpha value is -2.08. The smallest absolute Gasteiger partial charge is 0.239 e. The molecular weight excluding hydrogens is 282 g/mol. The van der Waals surface area contributed by atoms with Crippen molar-refractivity contribution in [3.05, 3.63) is 29.8 Å². The molecule has 0 saturated carbocycles. The van der Waals surface area contributed by atoms with Gasteiger partial charge in [-0.3, -0.25) is 14.5 Å². The molecule has 6 nitrogen and oxygen atoms in total.